The van der Waals surface area contributed by atoms with E-state index in [1.807, 2.05) is 0 Å². The Bertz CT molecular complexity index is 81.4. The van der Waals surface area contributed by atoms with E-state index >= 15 is 0 Å². The third kappa shape index (κ3) is 2.54. The topological polar surface area (TPSA) is 56.7 Å². The summed E-state index contributed by atoms with van der Waals surface area (Å²) in [6, 6.07) is 0. The Morgan fingerprint density at radius 3 is 2.50 bits per heavy atom. The first-order chi connectivity index (χ1) is 3.85. The molecule has 0 aromatic carbocycles. The summed E-state index contributed by atoms with van der Waals surface area (Å²) in [7, 11) is 3.32. The van der Waals surface area contributed by atoms with Gasteiger partial charge in [-0.25, -0.2) is 5.43 Å². The Labute approximate surface area is 48.6 Å². The van der Waals surface area contributed by atoms with Gasteiger partial charge >= 0.3 is 0 Å². The monoisotopic (exact) mass is 117 g/mol. The molecule has 0 saturated heterocycles. The lowest BCUT2D eigenvalue weighted by Crippen LogP contribution is -2.36. The summed E-state index contributed by atoms with van der Waals surface area (Å²) in [5, 5.41) is 8.42. The van der Waals surface area contributed by atoms with Crippen LogP contribution in [0, 0.1) is 0 Å². The van der Waals surface area contributed by atoms with Crippen molar-refractivity contribution >= 4 is 5.84 Å². The van der Waals surface area contributed by atoms with Crippen LogP contribution in [0.1, 0.15) is 0 Å². The largest absolute Gasteiger partial charge is 0.388 e. The summed E-state index contributed by atoms with van der Waals surface area (Å²) in [5.74, 6) is 0.535. The Hall–Kier alpha value is -0.610. The zero-order chi connectivity index (χ0) is 6.41. The van der Waals surface area contributed by atoms with Crippen LogP contribution in [0.4, 0.5) is 0 Å². The van der Waals surface area contributed by atoms with Gasteiger partial charge in [-0.15, -0.1) is 0 Å². The molecule has 0 radical (unpaired) electrons. The third-order valence-corrected chi connectivity index (χ3v) is 0.689. The normalized spacial score (nSPS) is 11.6. The molecule has 4 nitrogen and oxygen atoms in total. The van der Waals surface area contributed by atoms with Crippen molar-refractivity contribution in [2.45, 2.75) is 0 Å². The Kier molecular flexibility index (Phi) is 4.20. The van der Waals surface area contributed by atoms with Crippen molar-refractivity contribution in [2.24, 2.45) is 4.99 Å². The van der Waals surface area contributed by atoms with E-state index in [-0.39, 0.29) is 6.61 Å². The molecule has 0 rings (SSSR count). The smallest absolute Gasteiger partial charge is 0.136 e. The van der Waals surface area contributed by atoms with Crippen molar-refractivity contribution in [1.29, 1.82) is 0 Å². The van der Waals surface area contributed by atoms with E-state index in [0.717, 1.165) is 0 Å². The Morgan fingerprint density at radius 2 is 2.38 bits per heavy atom. The summed E-state index contributed by atoms with van der Waals surface area (Å²) in [6.45, 7) is -0.0582. The highest BCUT2D eigenvalue weighted by molar-refractivity contribution is 5.82. The molecule has 8 heavy (non-hydrogen) atoms. The van der Waals surface area contributed by atoms with Gasteiger partial charge in [0.15, 0.2) is 0 Å². The minimum Gasteiger partial charge on any atom is -0.388 e. The second-order valence-corrected chi connectivity index (χ2v) is 1.20. The Balaban J connectivity index is 3.38. The molecule has 0 aliphatic carbocycles. The van der Waals surface area contributed by atoms with Crippen molar-refractivity contribution in [3.05, 3.63) is 0 Å². The van der Waals surface area contributed by atoms with E-state index in [9.17, 15) is 0 Å². The van der Waals surface area contributed by atoms with Gasteiger partial charge in [0, 0.05) is 14.1 Å². The lowest BCUT2D eigenvalue weighted by molar-refractivity contribution is 0.351. The number of aliphatic hydroxyl groups is 1. The fraction of sp³-hybridized carbons (Fsp3) is 0.750. The van der Waals surface area contributed by atoms with E-state index in [1.165, 1.54) is 0 Å². The molecular weight excluding hydrogens is 106 g/mol. The van der Waals surface area contributed by atoms with Gasteiger partial charge in [-0.1, -0.05) is 0 Å². The zero-order valence-electron chi connectivity index (χ0n) is 5.10. The number of aliphatic hydroxyl groups excluding tert-OH is 1. The van der Waals surface area contributed by atoms with E-state index in [0.29, 0.717) is 5.84 Å². The van der Waals surface area contributed by atoms with E-state index in [2.05, 4.69) is 15.8 Å². The fourth-order valence-corrected chi connectivity index (χ4v) is 0.310. The van der Waals surface area contributed by atoms with Crippen molar-refractivity contribution in [3.63, 3.8) is 0 Å². The second-order valence-electron chi connectivity index (χ2n) is 1.20. The van der Waals surface area contributed by atoms with Crippen LogP contribution in [0.2, 0.25) is 0 Å². The molecule has 0 amide bonds. The lowest BCUT2D eigenvalue weighted by atomic mass is 10.6. The SMILES string of the molecule is CN=C(CO)NNC. The first kappa shape index (κ1) is 7.39. The maximum absolute atomic E-state index is 8.42. The molecule has 0 aromatic heterocycles. The predicted molar refractivity (Wildman–Crippen MR) is 32.6 cm³/mol. The number of nitrogens with zero attached hydrogens (tertiary/aromatic N) is 1. The molecule has 0 spiro atoms. The molecule has 0 aliphatic rings. The van der Waals surface area contributed by atoms with Gasteiger partial charge < -0.3 is 10.5 Å². The second kappa shape index (κ2) is 4.55. The highest BCUT2D eigenvalue weighted by Crippen LogP contribution is 1.62. The number of hydrogen-bond donors (Lipinski definition) is 3. The zero-order valence-corrected chi connectivity index (χ0v) is 5.10. The minimum absolute atomic E-state index is 0.0582. The Morgan fingerprint density at radius 1 is 1.75 bits per heavy atom. The molecule has 3 N–H and O–H groups in total. The number of amidine groups is 1. The van der Waals surface area contributed by atoms with Crippen LogP contribution in [-0.4, -0.2) is 31.6 Å². The van der Waals surface area contributed by atoms with Crippen LogP contribution in [0.25, 0.3) is 0 Å². The molecule has 4 heteroatoms. The van der Waals surface area contributed by atoms with Crippen LogP contribution in [-0.2, 0) is 0 Å². The molecule has 0 aromatic rings. The van der Waals surface area contributed by atoms with Crippen LogP contribution in [0.15, 0.2) is 4.99 Å². The first-order valence-electron chi connectivity index (χ1n) is 2.34. The van der Waals surface area contributed by atoms with Crippen molar-refractivity contribution < 1.29 is 5.11 Å². The number of nitrogens with one attached hydrogen (secondary N) is 2. The van der Waals surface area contributed by atoms with Gasteiger partial charge in [0.1, 0.15) is 12.4 Å². The first-order valence-corrected chi connectivity index (χ1v) is 2.34. The van der Waals surface area contributed by atoms with Gasteiger partial charge in [-0.2, -0.15) is 0 Å². The van der Waals surface area contributed by atoms with Gasteiger partial charge in [0.05, 0.1) is 0 Å². The fourth-order valence-electron chi connectivity index (χ4n) is 0.310. The maximum Gasteiger partial charge on any atom is 0.136 e. The molecule has 0 heterocycles. The van der Waals surface area contributed by atoms with Crippen LogP contribution < -0.4 is 10.9 Å². The lowest BCUT2D eigenvalue weighted by Gasteiger charge is -2.01. The van der Waals surface area contributed by atoms with E-state index < -0.39 is 0 Å². The summed E-state index contributed by atoms with van der Waals surface area (Å²) in [5.41, 5.74) is 5.26. The summed E-state index contributed by atoms with van der Waals surface area (Å²) in [6.07, 6.45) is 0. The molecule has 0 fully saturated rings. The molecule has 0 unspecified atom stereocenters. The summed E-state index contributed by atoms with van der Waals surface area (Å²) < 4.78 is 0. The minimum atomic E-state index is -0.0582. The van der Waals surface area contributed by atoms with E-state index in [1.54, 1.807) is 14.1 Å². The quantitative estimate of drug-likeness (QED) is 0.240. The molecule has 48 valence electrons. The molecule has 0 saturated carbocycles. The van der Waals surface area contributed by atoms with Crippen molar-refractivity contribution in [2.75, 3.05) is 20.7 Å². The van der Waals surface area contributed by atoms with Crippen molar-refractivity contribution in [1.82, 2.24) is 10.9 Å². The highest BCUT2D eigenvalue weighted by Gasteiger charge is 1.87. The summed E-state index contributed by atoms with van der Waals surface area (Å²) in [4.78, 5) is 3.69. The average molecular weight is 117 g/mol. The van der Waals surface area contributed by atoms with Gasteiger partial charge in [0.25, 0.3) is 0 Å². The van der Waals surface area contributed by atoms with Crippen LogP contribution >= 0.6 is 0 Å². The van der Waals surface area contributed by atoms with Gasteiger partial charge in [0.2, 0.25) is 0 Å². The number of aliphatic imine (C=N–C) groups is 1. The van der Waals surface area contributed by atoms with Gasteiger partial charge in [-0.3, -0.25) is 4.99 Å². The van der Waals surface area contributed by atoms with Gasteiger partial charge in [-0.05, 0) is 0 Å². The maximum atomic E-state index is 8.42. The molecule has 0 atom stereocenters. The third-order valence-electron chi connectivity index (χ3n) is 0.689. The van der Waals surface area contributed by atoms with Crippen LogP contribution in [0.3, 0.4) is 0 Å². The number of hydrogen-bond acceptors (Lipinski definition) is 3. The molecular formula is C4H11N3O. The molecule has 0 aliphatic heterocycles. The molecule has 0 bridgehead atoms. The van der Waals surface area contributed by atoms with Crippen molar-refractivity contribution in [3.8, 4) is 0 Å². The highest BCUT2D eigenvalue weighted by atomic mass is 16.3. The van der Waals surface area contributed by atoms with E-state index in [4.69, 9.17) is 5.11 Å². The number of rotatable bonds is 2. The standard InChI is InChI=1S/C4H11N3O/c1-5-4(3-8)7-6-2/h6,8H,3H2,1-2H3,(H,5,7). The predicted octanol–water partition coefficient (Wildman–Crippen LogP) is -1.27. The number of hydrazine groups is 1. The summed E-state index contributed by atoms with van der Waals surface area (Å²) >= 11 is 0. The average Bonchev–Trinajstić information content (AvgIpc) is 1.83. The van der Waals surface area contributed by atoms with Crippen LogP contribution in [0.5, 0.6) is 0 Å².